The van der Waals surface area contributed by atoms with Crippen molar-refractivity contribution in [2.75, 3.05) is 0 Å². The minimum Gasteiger partial charge on any atom is -0.350 e. The normalized spacial score (nSPS) is 12.1. The molecule has 0 unspecified atom stereocenters. The Bertz CT molecular complexity index is 749. The van der Waals surface area contributed by atoms with Crippen molar-refractivity contribution in [2.24, 2.45) is 5.92 Å². The van der Waals surface area contributed by atoms with Crippen LogP contribution in [0.25, 0.3) is 5.82 Å². The fraction of sp³-hybridized carbons (Fsp3) is 0.444. The molecule has 2 N–H and O–H groups in total. The van der Waals surface area contributed by atoms with Gasteiger partial charge in [-0.15, -0.1) is 0 Å². The van der Waals surface area contributed by atoms with Crippen LogP contribution in [0.4, 0.5) is 0 Å². The molecule has 0 spiro atoms. The van der Waals surface area contributed by atoms with E-state index < -0.39 is 6.04 Å². The maximum absolute atomic E-state index is 12.3. The molecule has 25 heavy (non-hydrogen) atoms. The third kappa shape index (κ3) is 4.89. The molecule has 1 atom stereocenters. The van der Waals surface area contributed by atoms with Gasteiger partial charge in [0.25, 0.3) is 0 Å². The Morgan fingerprint density at radius 2 is 1.96 bits per heavy atom. The lowest BCUT2D eigenvalue weighted by Gasteiger charge is -2.20. The number of aromatic nitrogens is 3. The predicted octanol–water partition coefficient (Wildman–Crippen LogP) is 1.66. The van der Waals surface area contributed by atoms with Crippen LogP contribution in [0.15, 0.2) is 24.4 Å². The van der Waals surface area contributed by atoms with E-state index in [-0.39, 0.29) is 17.7 Å². The summed E-state index contributed by atoms with van der Waals surface area (Å²) in [5, 5.41) is 9.92. The first-order valence-electron chi connectivity index (χ1n) is 8.31. The number of carbonyl (C=O) groups excluding carboxylic acids is 2. The number of carbonyl (C=O) groups is 2. The van der Waals surface area contributed by atoms with Crippen LogP contribution in [0.2, 0.25) is 0 Å². The number of amides is 2. The lowest BCUT2D eigenvalue weighted by atomic mass is 10.0. The van der Waals surface area contributed by atoms with Crippen LogP contribution in [0.3, 0.4) is 0 Å². The van der Waals surface area contributed by atoms with Crippen LogP contribution < -0.4 is 10.6 Å². The van der Waals surface area contributed by atoms with Gasteiger partial charge < -0.3 is 10.6 Å². The topological polar surface area (TPSA) is 88.9 Å². The summed E-state index contributed by atoms with van der Waals surface area (Å²) in [6, 6.07) is 5.22. The standard InChI is InChI=1S/C18H25N5O2/c1-11(2)17(21-14(5)24)18(25)20-10-15-6-7-16(19-9-15)23-13(4)8-12(3)22-23/h6-9,11,17H,10H2,1-5H3,(H,20,25)(H,21,24)/t17-/m1/s1. The molecule has 7 nitrogen and oxygen atoms in total. The number of rotatable bonds is 6. The highest BCUT2D eigenvalue weighted by Crippen LogP contribution is 2.10. The number of hydrogen-bond donors (Lipinski definition) is 2. The Kier molecular flexibility index (Phi) is 5.90. The van der Waals surface area contributed by atoms with Crippen LogP contribution in [0.1, 0.15) is 37.7 Å². The molecule has 2 heterocycles. The summed E-state index contributed by atoms with van der Waals surface area (Å²) in [5.74, 6) is 0.326. The molecule has 0 aromatic carbocycles. The Morgan fingerprint density at radius 3 is 2.44 bits per heavy atom. The van der Waals surface area contributed by atoms with Crippen molar-refractivity contribution < 1.29 is 9.59 Å². The average molecular weight is 343 g/mol. The van der Waals surface area contributed by atoms with Crippen molar-refractivity contribution in [3.8, 4) is 5.82 Å². The minimum absolute atomic E-state index is 0.00966. The first-order chi connectivity index (χ1) is 11.8. The summed E-state index contributed by atoms with van der Waals surface area (Å²) in [6.45, 7) is 9.46. The summed E-state index contributed by atoms with van der Waals surface area (Å²) in [5.41, 5.74) is 2.83. The highest BCUT2D eigenvalue weighted by atomic mass is 16.2. The van der Waals surface area contributed by atoms with E-state index in [0.717, 1.165) is 22.8 Å². The van der Waals surface area contributed by atoms with E-state index in [2.05, 4.69) is 20.7 Å². The summed E-state index contributed by atoms with van der Waals surface area (Å²) in [6.07, 6.45) is 1.72. The third-order valence-corrected chi connectivity index (χ3v) is 3.81. The fourth-order valence-corrected chi connectivity index (χ4v) is 2.56. The van der Waals surface area contributed by atoms with Crippen molar-refractivity contribution in [2.45, 2.75) is 47.2 Å². The quantitative estimate of drug-likeness (QED) is 0.835. The van der Waals surface area contributed by atoms with Gasteiger partial charge in [0, 0.05) is 25.4 Å². The Hall–Kier alpha value is -2.70. The van der Waals surface area contributed by atoms with Crippen molar-refractivity contribution in [3.05, 3.63) is 41.3 Å². The molecule has 0 aliphatic carbocycles. The van der Waals surface area contributed by atoms with E-state index in [1.54, 1.807) is 10.9 Å². The second-order valence-corrected chi connectivity index (χ2v) is 6.50. The van der Waals surface area contributed by atoms with E-state index in [0.29, 0.717) is 6.54 Å². The summed E-state index contributed by atoms with van der Waals surface area (Å²) >= 11 is 0. The van der Waals surface area contributed by atoms with Crippen molar-refractivity contribution >= 4 is 11.8 Å². The van der Waals surface area contributed by atoms with Crippen LogP contribution in [-0.4, -0.2) is 32.6 Å². The largest absolute Gasteiger partial charge is 0.350 e. The van der Waals surface area contributed by atoms with Gasteiger partial charge in [0.15, 0.2) is 5.82 Å². The zero-order valence-electron chi connectivity index (χ0n) is 15.3. The second-order valence-electron chi connectivity index (χ2n) is 6.50. The molecule has 2 rings (SSSR count). The van der Waals surface area contributed by atoms with Crippen molar-refractivity contribution in [1.82, 2.24) is 25.4 Å². The lowest BCUT2D eigenvalue weighted by Crippen LogP contribution is -2.48. The number of aryl methyl sites for hydroxylation is 2. The highest BCUT2D eigenvalue weighted by Gasteiger charge is 2.22. The Balaban J connectivity index is 2.00. The minimum atomic E-state index is -0.542. The molecule has 0 aliphatic rings. The molecule has 0 saturated carbocycles. The molecular weight excluding hydrogens is 318 g/mol. The molecule has 0 bridgehead atoms. The van der Waals surface area contributed by atoms with Crippen molar-refractivity contribution in [1.29, 1.82) is 0 Å². The zero-order valence-corrected chi connectivity index (χ0v) is 15.3. The monoisotopic (exact) mass is 343 g/mol. The lowest BCUT2D eigenvalue weighted by molar-refractivity contribution is -0.129. The Morgan fingerprint density at radius 1 is 1.24 bits per heavy atom. The molecule has 2 aromatic rings. The smallest absolute Gasteiger partial charge is 0.243 e. The first kappa shape index (κ1) is 18.6. The van der Waals surface area contributed by atoms with E-state index in [1.165, 1.54) is 6.92 Å². The number of pyridine rings is 1. The molecular formula is C18H25N5O2. The van der Waals surface area contributed by atoms with Gasteiger partial charge in [0.1, 0.15) is 6.04 Å². The van der Waals surface area contributed by atoms with Gasteiger partial charge in [0.05, 0.1) is 5.69 Å². The van der Waals surface area contributed by atoms with Gasteiger partial charge in [0.2, 0.25) is 11.8 Å². The van der Waals surface area contributed by atoms with Gasteiger partial charge >= 0.3 is 0 Å². The van der Waals surface area contributed by atoms with E-state index in [4.69, 9.17) is 0 Å². The summed E-state index contributed by atoms with van der Waals surface area (Å²) < 4.78 is 1.78. The molecule has 0 radical (unpaired) electrons. The van der Waals surface area contributed by atoms with Crippen molar-refractivity contribution in [3.63, 3.8) is 0 Å². The van der Waals surface area contributed by atoms with Gasteiger partial charge in [-0.3, -0.25) is 9.59 Å². The first-order valence-corrected chi connectivity index (χ1v) is 8.31. The van der Waals surface area contributed by atoms with Gasteiger partial charge in [-0.1, -0.05) is 19.9 Å². The zero-order chi connectivity index (χ0) is 18.6. The molecule has 0 aliphatic heterocycles. The van der Waals surface area contributed by atoms with E-state index >= 15 is 0 Å². The predicted molar refractivity (Wildman–Crippen MR) is 95.1 cm³/mol. The van der Waals surface area contributed by atoms with Crippen LogP contribution in [0, 0.1) is 19.8 Å². The average Bonchev–Trinajstić information content (AvgIpc) is 2.89. The molecule has 2 amide bonds. The second kappa shape index (κ2) is 7.92. The maximum Gasteiger partial charge on any atom is 0.243 e. The summed E-state index contributed by atoms with van der Waals surface area (Å²) in [4.78, 5) is 27.9. The maximum atomic E-state index is 12.3. The number of nitrogens with one attached hydrogen (secondary N) is 2. The van der Waals surface area contributed by atoms with Gasteiger partial charge in [-0.25, -0.2) is 9.67 Å². The third-order valence-electron chi connectivity index (χ3n) is 3.81. The van der Waals surface area contributed by atoms with Crippen LogP contribution in [-0.2, 0) is 16.1 Å². The Labute approximate surface area is 147 Å². The van der Waals surface area contributed by atoms with E-state index in [1.807, 2.05) is 45.9 Å². The molecule has 7 heteroatoms. The summed E-state index contributed by atoms with van der Waals surface area (Å²) in [7, 11) is 0. The SMILES string of the molecule is CC(=O)N[C@@H](C(=O)NCc1ccc(-n2nc(C)cc2C)nc1)C(C)C. The fourth-order valence-electron chi connectivity index (χ4n) is 2.56. The van der Waals surface area contributed by atoms with Crippen LogP contribution in [0.5, 0.6) is 0 Å². The highest BCUT2D eigenvalue weighted by molar-refractivity contribution is 5.86. The number of nitrogens with zero attached hydrogens (tertiary/aromatic N) is 3. The van der Waals surface area contributed by atoms with E-state index in [9.17, 15) is 9.59 Å². The van der Waals surface area contributed by atoms with Gasteiger partial charge in [-0.05, 0) is 37.5 Å². The van der Waals surface area contributed by atoms with Gasteiger partial charge in [-0.2, -0.15) is 5.10 Å². The molecule has 0 saturated heterocycles. The molecule has 134 valence electrons. The molecule has 2 aromatic heterocycles. The van der Waals surface area contributed by atoms with Crippen LogP contribution >= 0.6 is 0 Å². The molecule has 0 fully saturated rings. The number of hydrogen-bond acceptors (Lipinski definition) is 4.